The van der Waals surface area contributed by atoms with Gasteiger partial charge in [0, 0.05) is 6.54 Å². The number of ether oxygens (including phenoxy) is 1. The van der Waals surface area contributed by atoms with E-state index in [4.69, 9.17) is 26.1 Å². The van der Waals surface area contributed by atoms with Gasteiger partial charge in [-0.15, -0.1) is 5.10 Å². The maximum absolute atomic E-state index is 13.1. The molecule has 14 nitrogen and oxygen atoms in total. The minimum absolute atomic E-state index is 0.0124. The van der Waals surface area contributed by atoms with E-state index in [1.165, 1.54) is 12.1 Å². The van der Waals surface area contributed by atoms with Crippen LogP contribution in [0.2, 0.25) is 5.28 Å². The molecule has 0 unspecified atom stereocenters. The van der Waals surface area contributed by atoms with Crippen molar-refractivity contribution in [3.63, 3.8) is 0 Å². The second-order valence-corrected chi connectivity index (χ2v) is 12.3. The Labute approximate surface area is 201 Å². The van der Waals surface area contributed by atoms with E-state index in [1.54, 1.807) is 12.1 Å². The Morgan fingerprint density at radius 2 is 1.86 bits per heavy atom. The highest BCUT2D eigenvalue weighted by atomic mass is 35.5. The number of halogens is 2. The second-order valence-electron chi connectivity index (χ2n) is 7.78. The summed E-state index contributed by atoms with van der Waals surface area (Å²) in [5, 5.41) is 31.3. The molecule has 5 N–H and O–H groups in total. The van der Waals surface area contributed by atoms with Crippen molar-refractivity contribution in [2.75, 3.05) is 16.6 Å². The number of aliphatic hydroxyl groups is 2. The summed E-state index contributed by atoms with van der Waals surface area (Å²) in [6.45, 7) is 0.219. The van der Waals surface area contributed by atoms with Gasteiger partial charge in [-0.05, 0) is 29.3 Å². The first-order valence-corrected chi connectivity index (χ1v) is 13.9. The van der Waals surface area contributed by atoms with Crippen LogP contribution in [0.15, 0.2) is 24.3 Å². The molecule has 4 rings (SSSR count). The van der Waals surface area contributed by atoms with Crippen LogP contribution in [0.4, 0.5) is 10.2 Å². The number of sulfone groups is 1. The van der Waals surface area contributed by atoms with Gasteiger partial charge in [0.15, 0.2) is 38.5 Å². The summed E-state index contributed by atoms with van der Waals surface area (Å²) in [6, 6.07) is 5.70. The molecule has 4 atom stereocenters. The zero-order chi connectivity index (χ0) is 25.5. The van der Waals surface area contributed by atoms with E-state index in [1.807, 2.05) is 0 Å². The van der Waals surface area contributed by atoms with E-state index < -0.39 is 59.0 Å². The molecule has 3 heterocycles. The van der Waals surface area contributed by atoms with E-state index in [9.17, 15) is 27.6 Å². The number of nitrogens with zero attached hydrogens (tertiary/aromatic N) is 5. The average molecular weight is 553 g/mol. The predicted octanol–water partition coefficient (Wildman–Crippen LogP) is -0.205. The molecular weight excluding hydrogens is 534 g/mol. The molecule has 18 heteroatoms. The summed E-state index contributed by atoms with van der Waals surface area (Å²) in [5.41, 5.74) is -0.620. The molecule has 1 fully saturated rings. The van der Waals surface area contributed by atoms with Gasteiger partial charge in [-0.3, -0.25) is 4.57 Å². The van der Waals surface area contributed by atoms with Gasteiger partial charge in [0.1, 0.15) is 24.1 Å². The van der Waals surface area contributed by atoms with Crippen molar-refractivity contribution in [1.29, 1.82) is 0 Å². The van der Waals surface area contributed by atoms with Crippen LogP contribution in [0.25, 0.3) is 11.2 Å². The monoisotopic (exact) mass is 552 g/mol. The molecule has 0 saturated carbocycles. The van der Waals surface area contributed by atoms with Crippen molar-refractivity contribution in [3.05, 3.63) is 40.9 Å². The van der Waals surface area contributed by atoms with Gasteiger partial charge in [0.25, 0.3) is 0 Å². The maximum atomic E-state index is 13.1. The summed E-state index contributed by atoms with van der Waals surface area (Å²) in [5.74, 6) is -1.20. The Bertz CT molecular complexity index is 1390. The van der Waals surface area contributed by atoms with Crippen LogP contribution in [0, 0.1) is 5.82 Å². The van der Waals surface area contributed by atoms with E-state index in [2.05, 4.69) is 25.6 Å². The number of fused-ring (bicyclic) bond motifs is 1. The van der Waals surface area contributed by atoms with Crippen molar-refractivity contribution in [3.8, 4) is 0 Å². The van der Waals surface area contributed by atoms with Crippen molar-refractivity contribution < 1.29 is 42.1 Å². The standard InChI is InChI=1S/C17H19ClFN6O8PS/c18-17-21-14(20-5-8-1-3-9(19)4-2-8)11-15(22-17)25(24-23-11)16-13(27)12(26)10(33-16)6-35(31,32)7-34(28,29)30/h1-4,10,12-13,16,26-27H,5-7H2,(H,20,21,22)(H2,28,29,30)/t10-,12-,13-,16-/m1/s1. The van der Waals surface area contributed by atoms with Crippen molar-refractivity contribution >= 4 is 46.0 Å². The number of hydrogen-bond acceptors (Lipinski definition) is 11. The molecule has 35 heavy (non-hydrogen) atoms. The highest BCUT2D eigenvalue weighted by Gasteiger charge is 2.47. The number of anilines is 1. The van der Waals surface area contributed by atoms with Crippen LogP contribution in [-0.4, -0.2) is 82.9 Å². The Morgan fingerprint density at radius 1 is 1.17 bits per heavy atom. The molecule has 0 amide bonds. The van der Waals surface area contributed by atoms with Crippen LogP contribution >= 0.6 is 19.2 Å². The van der Waals surface area contributed by atoms with Crippen LogP contribution in [0.5, 0.6) is 0 Å². The smallest absolute Gasteiger partial charge is 0.340 e. The second kappa shape index (κ2) is 9.63. The van der Waals surface area contributed by atoms with E-state index in [-0.39, 0.29) is 28.8 Å². The first-order chi connectivity index (χ1) is 16.3. The van der Waals surface area contributed by atoms with Crippen LogP contribution < -0.4 is 5.32 Å². The first-order valence-electron chi connectivity index (χ1n) is 9.86. The lowest BCUT2D eigenvalue weighted by Crippen LogP contribution is -2.36. The van der Waals surface area contributed by atoms with Gasteiger partial charge in [-0.2, -0.15) is 14.6 Å². The normalized spacial score (nSPS) is 23.1. The van der Waals surface area contributed by atoms with E-state index in [0.29, 0.717) is 0 Å². The molecule has 1 aliphatic heterocycles. The molecule has 0 aliphatic carbocycles. The molecule has 0 bridgehead atoms. The Morgan fingerprint density at radius 3 is 2.51 bits per heavy atom. The third-order valence-corrected chi connectivity index (χ3v) is 8.96. The zero-order valence-corrected chi connectivity index (χ0v) is 20.0. The zero-order valence-electron chi connectivity index (χ0n) is 17.5. The minimum atomic E-state index is -4.89. The van der Waals surface area contributed by atoms with Gasteiger partial charge in [0.2, 0.25) is 5.28 Å². The molecule has 1 saturated heterocycles. The van der Waals surface area contributed by atoms with Gasteiger partial charge >= 0.3 is 7.60 Å². The number of benzene rings is 1. The lowest BCUT2D eigenvalue weighted by atomic mass is 10.1. The summed E-state index contributed by atoms with van der Waals surface area (Å²) < 4.78 is 54.8. The number of nitrogens with one attached hydrogen (secondary N) is 1. The van der Waals surface area contributed by atoms with Gasteiger partial charge < -0.3 is 30.1 Å². The predicted molar refractivity (Wildman–Crippen MR) is 118 cm³/mol. The molecule has 3 aromatic rings. The first kappa shape index (κ1) is 25.8. The third kappa shape index (κ3) is 5.92. The Hall–Kier alpha value is -2.30. The van der Waals surface area contributed by atoms with Gasteiger partial charge in [0.05, 0.1) is 5.75 Å². The minimum Gasteiger partial charge on any atom is -0.387 e. The van der Waals surface area contributed by atoms with Crippen LogP contribution in [0.3, 0.4) is 0 Å². The summed E-state index contributed by atoms with van der Waals surface area (Å²) >= 11 is 6.02. The summed E-state index contributed by atoms with van der Waals surface area (Å²) in [4.78, 5) is 26.0. The number of rotatable bonds is 8. The summed E-state index contributed by atoms with van der Waals surface area (Å²) in [6.07, 6.45) is -6.36. The van der Waals surface area contributed by atoms with Crippen LogP contribution in [0.1, 0.15) is 11.8 Å². The molecule has 0 radical (unpaired) electrons. The quantitative estimate of drug-likeness (QED) is 0.181. The fraction of sp³-hybridized carbons (Fsp3) is 0.412. The van der Waals surface area contributed by atoms with Gasteiger partial charge in [-0.25, -0.2) is 12.8 Å². The van der Waals surface area contributed by atoms with Crippen molar-refractivity contribution in [2.24, 2.45) is 0 Å². The topological polar surface area (TPSA) is 210 Å². The molecule has 1 aliphatic rings. The molecule has 1 aromatic carbocycles. The maximum Gasteiger partial charge on any atom is 0.340 e. The third-order valence-electron chi connectivity index (χ3n) is 5.03. The molecule has 190 valence electrons. The number of aliphatic hydroxyl groups excluding tert-OH is 2. The average Bonchev–Trinajstić information content (AvgIpc) is 3.27. The van der Waals surface area contributed by atoms with Gasteiger partial charge in [-0.1, -0.05) is 17.3 Å². The Balaban J connectivity index is 1.58. The largest absolute Gasteiger partial charge is 0.387 e. The van der Waals surface area contributed by atoms with E-state index >= 15 is 0 Å². The van der Waals surface area contributed by atoms with E-state index in [0.717, 1.165) is 10.2 Å². The fourth-order valence-corrected chi connectivity index (χ4v) is 6.93. The fourth-order valence-electron chi connectivity index (χ4n) is 3.51. The lowest BCUT2D eigenvalue weighted by Gasteiger charge is -2.15. The molecular formula is C17H19ClFN6O8PS. The van der Waals surface area contributed by atoms with Crippen molar-refractivity contribution in [1.82, 2.24) is 25.0 Å². The number of hydrogen-bond donors (Lipinski definition) is 5. The summed E-state index contributed by atoms with van der Waals surface area (Å²) in [7, 11) is -9.24. The van der Waals surface area contributed by atoms with Crippen LogP contribution in [-0.2, 0) is 25.7 Å². The highest BCUT2D eigenvalue weighted by molar-refractivity contribution is 7.97. The van der Waals surface area contributed by atoms with Crippen molar-refractivity contribution in [2.45, 2.75) is 31.1 Å². The number of aromatic nitrogens is 5. The highest BCUT2D eigenvalue weighted by Crippen LogP contribution is 2.38. The molecule has 0 spiro atoms. The molecule has 2 aromatic heterocycles. The Kier molecular flexibility index (Phi) is 7.09. The SMILES string of the molecule is O=P(O)(O)CS(=O)(=O)C[C@H]1O[C@@H](n2nnc3c(NCc4ccc(F)cc4)nc(Cl)nc32)[C@H](O)[C@@H]1O. The lowest BCUT2D eigenvalue weighted by molar-refractivity contribution is -0.0375.